The van der Waals surface area contributed by atoms with E-state index < -0.39 is 0 Å². The van der Waals surface area contributed by atoms with Crippen molar-refractivity contribution < 1.29 is 46.6 Å². The largest absolute Gasteiger partial charge is 1.00 e. The van der Waals surface area contributed by atoms with Crippen LogP contribution in [0.3, 0.4) is 0 Å². The number of hydrogen-bond donors (Lipinski definition) is 2. The molecule has 0 fully saturated rings. The van der Waals surface area contributed by atoms with Crippen molar-refractivity contribution in [2.45, 2.75) is 0 Å². The Kier molecular flexibility index (Phi) is 6.50. The van der Waals surface area contributed by atoms with Crippen LogP contribution in [0.15, 0.2) is 97.1 Å². The molecular weight excluding hydrogens is 583 g/mol. The fourth-order valence-electron chi connectivity index (χ4n) is 5.59. The number of nitrogens with zero attached hydrogens (tertiary/aromatic N) is 6. The molecule has 0 radical (unpaired) electrons. The number of rotatable bonds is 0. The van der Waals surface area contributed by atoms with Crippen molar-refractivity contribution >= 4 is 44.1 Å². The Balaban J connectivity index is 0.00000144. The maximum atomic E-state index is 5.02. The van der Waals surface area contributed by atoms with Crippen molar-refractivity contribution in [1.82, 2.24) is 39.9 Å². The van der Waals surface area contributed by atoms with E-state index in [-0.39, 0.29) is 46.6 Å². The number of aromatic amines is 2. The van der Waals surface area contributed by atoms with Crippen LogP contribution in [0.1, 0.15) is 0 Å². The van der Waals surface area contributed by atoms with Gasteiger partial charge in [-0.15, -0.1) is 0 Å². The van der Waals surface area contributed by atoms with Crippen LogP contribution < -0.4 is 29.6 Å². The Morgan fingerprint density at radius 2 is 0.571 bits per heavy atom. The number of aromatic nitrogens is 8. The van der Waals surface area contributed by atoms with E-state index >= 15 is 0 Å². The summed E-state index contributed by atoms with van der Waals surface area (Å²) in [6.07, 6.45) is 0. The molecule has 0 saturated heterocycles. The van der Waals surface area contributed by atoms with E-state index in [9.17, 15) is 0 Å². The van der Waals surface area contributed by atoms with Gasteiger partial charge in [-0.25, -0.2) is 29.9 Å². The van der Waals surface area contributed by atoms with Crippen molar-refractivity contribution in [2.75, 3.05) is 0 Å². The van der Waals surface area contributed by atoms with Crippen LogP contribution >= 0.6 is 0 Å². The average Bonchev–Trinajstić information content (AvgIpc) is 3.73. The minimum absolute atomic E-state index is 0. The Morgan fingerprint density at radius 1 is 0.333 bits per heavy atom. The minimum atomic E-state index is 0. The topological polar surface area (TPSA) is 109 Å². The van der Waals surface area contributed by atoms with Crippen LogP contribution in [-0.2, 0) is 17.1 Å². The minimum Gasteiger partial charge on any atom is -0.324 e. The molecule has 0 atom stereocenters. The number of hydrogen-bond acceptors (Lipinski definition) is 6. The van der Waals surface area contributed by atoms with Gasteiger partial charge in [0.25, 0.3) is 0 Å². The molecule has 3 aromatic heterocycles. The van der Waals surface area contributed by atoms with Crippen molar-refractivity contribution in [3.05, 3.63) is 97.1 Å². The Morgan fingerprint density at radius 3 is 0.833 bits per heavy atom. The third-order valence-corrected chi connectivity index (χ3v) is 7.46. The van der Waals surface area contributed by atoms with Crippen LogP contribution in [0.4, 0.5) is 0 Å². The second kappa shape index (κ2) is 10.2. The molecule has 0 spiro atoms. The van der Waals surface area contributed by atoms with Crippen LogP contribution in [0, 0.1) is 0 Å². The predicted molar refractivity (Wildman–Crippen MR) is 156 cm³/mol. The summed E-state index contributed by atoms with van der Waals surface area (Å²) in [5, 5.41) is 3.82. The first-order chi connectivity index (χ1) is 19.8. The summed E-state index contributed by atoms with van der Waals surface area (Å²) in [5.74, 6) is 2.39. The fourth-order valence-corrected chi connectivity index (χ4v) is 5.59. The Labute approximate surface area is 271 Å². The van der Waals surface area contributed by atoms with Crippen molar-refractivity contribution in [2.24, 2.45) is 0 Å². The van der Waals surface area contributed by atoms with Gasteiger partial charge in [-0.1, -0.05) is 97.1 Å². The summed E-state index contributed by atoms with van der Waals surface area (Å²) in [5.41, 5.74) is 6.45. The van der Waals surface area contributed by atoms with E-state index in [4.69, 9.17) is 29.9 Å². The summed E-state index contributed by atoms with van der Waals surface area (Å²) in [4.78, 5) is 36.8. The van der Waals surface area contributed by atoms with Gasteiger partial charge in [-0.05, 0) is 0 Å². The van der Waals surface area contributed by atoms with Crippen molar-refractivity contribution in [3.63, 3.8) is 0 Å². The molecule has 8 nitrogen and oxygen atoms in total. The number of H-pyrrole nitrogens is 2. The van der Waals surface area contributed by atoms with Crippen molar-refractivity contribution in [1.29, 1.82) is 0 Å². The molecule has 10 heteroatoms. The van der Waals surface area contributed by atoms with Gasteiger partial charge in [0.2, 0.25) is 0 Å². The van der Waals surface area contributed by atoms with Gasteiger partial charge < -0.3 is 9.97 Å². The molecule has 0 saturated carbocycles. The van der Waals surface area contributed by atoms with Gasteiger partial charge in [0.05, 0.1) is 0 Å². The molecule has 0 aliphatic carbocycles. The Bertz CT molecular complexity index is 2040. The zero-order valence-electron chi connectivity index (χ0n) is 22.2. The molecule has 8 bridgehead atoms. The molecule has 196 valence electrons. The second-order valence-corrected chi connectivity index (χ2v) is 9.79. The van der Waals surface area contributed by atoms with E-state index in [0.717, 1.165) is 43.8 Å². The van der Waals surface area contributed by atoms with Crippen LogP contribution in [0.2, 0.25) is 0 Å². The normalized spacial score (nSPS) is 11.4. The van der Waals surface area contributed by atoms with E-state index in [1.165, 1.54) is 0 Å². The summed E-state index contributed by atoms with van der Waals surface area (Å²) in [6, 6.07) is 32.2. The van der Waals surface area contributed by atoms with Gasteiger partial charge in [-0.2, -0.15) is 0 Å². The number of nitrogens with one attached hydrogen (secondary N) is 2. The van der Waals surface area contributed by atoms with Gasteiger partial charge in [-0.3, -0.25) is 0 Å². The third kappa shape index (κ3) is 4.01. The standard InChI is InChI=1S/C32H18N8.Cu.Na/c1-2-10-18-17(9-1)25-33-26(18)38-28-21-13-5-6-14-22(21)30(35-28)40-32-24-16-8-7-15-23(24)31(36-32)39-29-20-12-4-3-11-19(20)27(34-29)37-25;;/h1-16H,(H2,33,34,35,36,37,38,39,40);;/q;2*+1. The molecule has 7 aromatic rings. The smallest absolute Gasteiger partial charge is 0.324 e. The SMILES string of the molecule is [Cu+].[Na+].c1ccc2c(c1)-c1nc-2nc2[nH]c(nc3nc(nc4[nH]c(n1)c1ccccc41)-c1ccccc1-3)c1ccccc21. The average molecular weight is 601 g/mol. The van der Waals surface area contributed by atoms with Gasteiger partial charge in [0.15, 0.2) is 23.3 Å². The first-order valence-corrected chi connectivity index (χ1v) is 13.0. The van der Waals surface area contributed by atoms with Crippen molar-refractivity contribution in [3.8, 4) is 45.6 Å². The second-order valence-electron chi connectivity index (χ2n) is 9.79. The van der Waals surface area contributed by atoms with Crippen LogP contribution in [0.25, 0.3) is 89.7 Å². The molecule has 2 aliphatic rings. The maximum Gasteiger partial charge on any atom is 1.00 e. The molecule has 42 heavy (non-hydrogen) atoms. The van der Waals surface area contributed by atoms with Crippen LogP contribution in [0.5, 0.6) is 0 Å². The maximum absolute atomic E-state index is 5.02. The van der Waals surface area contributed by atoms with Gasteiger partial charge in [0.1, 0.15) is 22.6 Å². The number of benzene rings is 4. The first-order valence-electron chi connectivity index (χ1n) is 13.0. The molecule has 5 heterocycles. The molecule has 0 amide bonds. The third-order valence-electron chi connectivity index (χ3n) is 7.46. The predicted octanol–water partition coefficient (Wildman–Crippen LogP) is 3.87. The van der Waals surface area contributed by atoms with E-state index in [1.54, 1.807) is 0 Å². The zero-order valence-corrected chi connectivity index (χ0v) is 25.2. The fraction of sp³-hybridized carbons (Fsp3) is 0. The quantitative estimate of drug-likeness (QED) is 0.256. The number of fused-ring (bicyclic) bond motifs is 20. The summed E-state index contributed by atoms with van der Waals surface area (Å²) in [6.45, 7) is 0. The van der Waals surface area contributed by atoms with Crippen LogP contribution in [-0.4, -0.2) is 39.9 Å². The molecule has 4 aromatic carbocycles. The molecule has 0 unspecified atom stereocenters. The summed E-state index contributed by atoms with van der Waals surface area (Å²) >= 11 is 0. The molecule has 2 aliphatic heterocycles. The van der Waals surface area contributed by atoms with Gasteiger partial charge >= 0.3 is 46.6 Å². The van der Waals surface area contributed by atoms with E-state index in [0.29, 0.717) is 45.9 Å². The van der Waals surface area contributed by atoms with E-state index in [1.807, 2.05) is 97.1 Å². The monoisotopic (exact) mass is 600 g/mol. The first kappa shape index (κ1) is 26.6. The molecular formula is C32H18CuN8Na+2. The van der Waals surface area contributed by atoms with E-state index in [2.05, 4.69) is 9.97 Å². The summed E-state index contributed by atoms with van der Waals surface area (Å²) in [7, 11) is 0. The molecule has 9 rings (SSSR count). The molecule has 2 N–H and O–H groups in total. The summed E-state index contributed by atoms with van der Waals surface area (Å²) < 4.78 is 0. The zero-order chi connectivity index (χ0) is 26.2. The Hall–Kier alpha value is -4.24. The van der Waals surface area contributed by atoms with Gasteiger partial charge in [0, 0.05) is 43.8 Å².